The van der Waals surface area contributed by atoms with Gasteiger partial charge in [0.25, 0.3) is 0 Å². The lowest BCUT2D eigenvalue weighted by Gasteiger charge is -2.26. The first-order valence-corrected chi connectivity index (χ1v) is 5.78. The third-order valence-electron chi connectivity index (χ3n) is 3.06. The molecule has 1 aliphatic carbocycles. The van der Waals surface area contributed by atoms with Crippen molar-refractivity contribution in [2.24, 2.45) is 5.73 Å². The smallest absolute Gasteiger partial charge is 0.0723 e. The molecule has 1 aromatic rings. The van der Waals surface area contributed by atoms with Crippen LogP contribution in [0, 0.1) is 0 Å². The molecule has 2 heteroatoms. The molecular formula is C13H19NO. The molecule has 0 aliphatic heterocycles. The van der Waals surface area contributed by atoms with Gasteiger partial charge >= 0.3 is 0 Å². The number of rotatable bonds is 5. The molecule has 15 heavy (non-hydrogen) atoms. The summed E-state index contributed by atoms with van der Waals surface area (Å²) < 4.78 is 5.81. The average Bonchev–Trinajstić information content (AvgIpc) is 2.18. The van der Waals surface area contributed by atoms with Crippen molar-refractivity contribution < 1.29 is 4.74 Å². The Kier molecular flexibility index (Phi) is 3.75. The molecule has 0 heterocycles. The number of hydrogen-bond donors (Lipinski definition) is 1. The summed E-state index contributed by atoms with van der Waals surface area (Å²) in [6.45, 7) is 1.46. The highest BCUT2D eigenvalue weighted by atomic mass is 16.5. The lowest BCUT2D eigenvalue weighted by atomic mass is 9.96. The summed E-state index contributed by atoms with van der Waals surface area (Å²) in [6, 6.07) is 8.42. The van der Waals surface area contributed by atoms with E-state index in [0.29, 0.717) is 12.6 Å². The molecular weight excluding hydrogens is 186 g/mol. The molecule has 1 aliphatic rings. The van der Waals surface area contributed by atoms with E-state index >= 15 is 0 Å². The van der Waals surface area contributed by atoms with E-state index in [1.807, 2.05) is 0 Å². The molecule has 82 valence electrons. The molecule has 1 fully saturated rings. The van der Waals surface area contributed by atoms with E-state index in [4.69, 9.17) is 10.5 Å². The van der Waals surface area contributed by atoms with Crippen molar-refractivity contribution in [1.82, 2.24) is 0 Å². The van der Waals surface area contributed by atoms with Gasteiger partial charge in [-0.2, -0.15) is 0 Å². The zero-order chi connectivity index (χ0) is 10.5. The van der Waals surface area contributed by atoms with Crippen molar-refractivity contribution in [3.63, 3.8) is 0 Å². The second-order valence-corrected chi connectivity index (χ2v) is 4.17. The summed E-state index contributed by atoms with van der Waals surface area (Å²) in [4.78, 5) is 0. The zero-order valence-electron chi connectivity index (χ0n) is 9.11. The second-order valence-electron chi connectivity index (χ2n) is 4.17. The quantitative estimate of drug-likeness (QED) is 0.800. The number of benzene rings is 1. The van der Waals surface area contributed by atoms with Crippen LogP contribution in [0.3, 0.4) is 0 Å². The monoisotopic (exact) mass is 205 g/mol. The first kappa shape index (κ1) is 10.7. The Morgan fingerprint density at radius 3 is 2.53 bits per heavy atom. The summed E-state index contributed by atoms with van der Waals surface area (Å²) in [7, 11) is 0. The van der Waals surface area contributed by atoms with Crippen molar-refractivity contribution in [1.29, 1.82) is 0 Å². The van der Waals surface area contributed by atoms with Crippen LogP contribution in [0.1, 0.15) is 30.4 Å². The molecule has 2 nitrogen and oxygen atoms in total. The topological polar surface area (TPSA) is 35.2 Å². The Hall–Kier alpha value is -0.860. The van der Waals surface area contributed by atoms with Gasteiger partial charge < -0.3 is 10.5 Å². The van der Waals surface area contributed by atoms with Crippen LogP contribution in [0.2, 0.25) is 0 Å². The molecule has 0 amide bonds. The van der Waals surface area contributed by atoms with Gasteiger partial charge in [-0.05, 0) is 43.4 Å². The summed E-state index contributed by atoms with van der Waals surface area (Å²) in [6.07, 6.45) is 5.26. The molecule has 1 aromatic carbocycles. The molecule has 0 atom stereocenters. The molecule has 2 N–H and O–H groups in total. The SMILES string of the molecule is NCCc1ccccc1COC1CCC1. The maximum Gasteiger partial charge on any atom is 0.0723 e. The van der Waals surface area contributed by atoms with Crippen LogP contribution in [0.25, 0.3) is 0 Å². The van der Waals surface area contributed by atoms with E-state index in [9.17, 15) is 0 Å². The number of ether oxygens (including phenoxy) is 1. The molecule has 2 rings (SSSR count). The normalized spacial score (nSPS) is 16.3. The van der Waals surface area contributed by atoms with Crippen LogP contribution in [-0.2, 0) is 17.8 Å². The van der Waals surface area contributed by atoms with Gasteiger partial charge in [0.1, 0.15) is 0 Å². The maximum absolute atomic E-state index is 5.81. The number of nitrogens with two attached hydrogens (primary N) is 1. The maximum atomic E-state index is 5.81. The van der Waals surface area contributed by atoms with Crippen LogP contribution >= 0.6 is 0 Å². The van der Waals surface area contributed by atoms with E-state index in [0.717, 1.165) is 13.0 Å². The fourth-order valence-electron chi connectivity index (χ4n) is 1.84. The Bertz CT molecular complexity index is 307. The van der Waals surface area contributed by atoms with Gasteiger partial charge in [0.05, 0.1) is 12.7 Å². The summed E-state index contributed by atoms with van der Waals surface area (Å²) in [5.41, 5.74) is 8.22. The third kappa shape index (κ3) is 2.80. The fraction of sp³-hybridized carbons (Fsp3) is 0.538. The largest absolute Gasteiger partial charge is 0.374 e. The van der Waals surface area contributed by atoms with E-state index in [2.05, 4.69) is 24.3 Å². The van der Waals surface area contributed by atoms with Gasteiger partial charge in [-0.1, -0.05) is 24.3 Å². The Morgan fingerprint density at radius 2 is 1.93 bits per heavy atom. The Balaban J connectivity index is 1.92. The highest BCUT2D eigenvalue weighted by Crippen LogP contribution is 2.23. The Labute approximate surface area is 91.4 Å². The van der Waals surface area contributed by atoms with E-state index in [1.165, 1.54) is 30.4 Å². The fourth-order valence-corrected chi connectivity index (χ4v) is 1.84. The lowest BCUT2D eigenvalue weighted by Crippen LogP contribution is -2.21. The molecule has 0 radical (unpaired) electrons. The second kappa shape index (κ2) is 5.29. The lowest BCUT2D eigenvalue weighted by molar-refractivity contribution is -0.00892. The van der Waals surface area contributed by atoms with Gasteiger partial charge in [-0.15, -0.1) is 0 Å². The Morgan fingerprint density at radius 1 is 1.20 bits per heavy atom. The molecule has 0 aromatic heterocycles. The zero-order valence-corrected chi connectivity index (χ0v) is 9.11. The van der Waals surface area contributed by atoms with E-state index in [-0.39, 0.29) is 0 Å². The van der Waals surface area contributed by atoms with Crippen LogP contribution in [0.5, 0.6) is 0 Å². The van der Waals surface area contributed by atoms with E-state index in [1.54, 1.807) is 0 Å². The summed E-state index contributed by atoms with van der Waals surface area (Å²) >= 11 is 0. The van der Waals surface area contributed by atoms with Crippen molar-refractivity contribution in [3.05, 3.63) is 35.4 Å². The van der Waals surface area contributed by atoms with Gasteiger partial charge in [0, 0.05) is 0 Å². The van der Waals surface area contributed by atoms with Gasteiger partial charge in [-0.3, -0.25) is 0 Å². The minimum absolute atomic E-state index is 0.510. The minimum atomic E-state index is 0.510. The molecule has 0 saturated heterocycles. The van der Waals surface area contributed by atoms with Crippen LogP contribution in [0.4, 0.5) is 0 Å². The van der Waals surface area contributed by atoms with Crippen molar-refractivity contribution in [2.45, 2.75) is 38.4 Å². The highest BCUT2D eigenvalue weighted by Gasteiger charge is 2.17. The predicted octanol–water partition coefficient (Wildman–Crippen LogP) is 2.26. The first-order chi connectivity index (χ1) is 7.40. The standard InChI is InChI=1S/C13H19NO/c14-9-8-11-4-1-2-5-12(11)10-15-13-6-3-7-13/h1-2,4-5,13H,3,6-10,14H2. The van der Waals surface area contributed by atoms with Crippen LogP contribution in [-0.4, -0.2) is 12.6 Å². The van der Waals surface area contributed by atoms with Crippen LogP contribution < -0.4 is 5.73 Å². The van der Waals surface area contributed by atoms with Crippen molar-refractivity contribution >= 4 is 0 Å². The van der Waals surface area contributed by atoms with Gasteiger partial charge in [0.15, 0.2) is 0 Å². The van der Waals surface area contributed by atoms with Crippen molar-refractivity contribution in [3.8, 4) is 0 Å². The van der Waals surface area contributed by atoms with E-state index < -0.39 is 0 Å². The number of hydrogen-bond acceptors (Lipinski definition) is 2. The molecule has 0 unspecified atom stereocenters. The molecule has 1 saturated carbocycles. The molecule has 0 spiro atoms. The third-order valence-corrected chi connectivity index (χ3v) is 3.06. The average molecular weight is 205 g/mol. The van der Waals surface area contributed by atoms with Crippen molar-refractivity contribution in [2.75, 3.05) is 6.54 Å². The predicted molar refractivity (Wildman–Crippen MR) is 61.6 cm³/mol. The van der Waals surface area contributed by atoms with Gasteiger partial charge in [-0.25, -0.2) is 0 Å². The minimum Gasteiger partial charge on any atom is -0.374 e. The highest BCUT2D eigenvalue weighted by molar-refractivity contribution is 5.26. The summed E-state index contributed by atoms with van der Waals surface area (Å²) in [5, 5.41) is 0. The summed E-state index contributed by atoms with van der Waals surface area (Å²) in [5.74, 6) is 0. The van der Waals surface area contributed by atoms with Gasteiger partial charge in [0.2, 0.25) is 0 Å². The van der Waals surface area contributed by atoms with Crippen LogP contribution in [0.15, 0.2) is 24.3 Å². The first-order valence-electron chi connectivity index (χ1n) is 5.78. The molecule has 0 bridgehead atoms.